The lowest BCUT2D eigenvalue weighted by Crippen LogP contribution is -2.11. The fraction of sp³-hybridized carbons (Fsp3) is 0.522. The second-order valence-corrected chi connectivity index (χ2v) is 7.17. The molecule has 142 valence electrons. The quantitative estimate of drug-likeness (QED) is 0.448. The molecule has 0 saturated heterocycles. The van der Waals surface area contributed by atoms with Crippen LogP contribution in [0.15, 0.2) is 47.3 Å². The van der Waals surface area contributed by atoms with Gasteiger partial charge in [0.05, 0.1) is 11.6 Å². The topological polar surface area (TPSA) is 42.2 Å². The first-order valence-electron chi connectivity index (χ1n) is 10.1. The molecule has 0 aliphatic carbocycles. The van der Waals surface area contributed by atoms with E-state index in [0.717, 1.165) is 61.5 Å². The molecule has 0 aliphatic heterocycles. The molecule has 1 aromatic carbocycles. The molecule has 0 amide bonds. The van der Waals surface area contributed by atoms with Crippen molar-refractivity contribution in [3.63, 3.8) is 0 Å². The standard InChI is InChI=1S/C23H33NO2/c1-3-4-5-9-14-20(25)15-10-7-6-8-13-19-18-23(26)21-16-11-12-17-22(21)24(19)2/h9,11-12,14,16-18,20,25H,3-8,10,13,15H2,1-2H3/t20-/m0/s1. The van der Waals surface area contributed by atoms with E-state index in [2.05, 4.69) is 17.6 Å². The van der Waals surface area contributed by atoms with Crippen LogP contribution in [-0.2, 0) is 13.5 Å². The molecule has 2 rings (SSSR count). The van der Waals surface area contributed by atoms with Crippen molar-refractivity contribution >= 4 is 10.9 Å². The molecule has 1 N–H and O–H groups in total. The molecule has 1 aromatic heterocycles. The summed E-state index contributed by atoms with van der Waals surface area (Å²) in [6.07, 6.45) is 13.4. The van der Waals surface area contributed by atoms with E-state index in [1.54, 1.807) is 6.07 Å². The number of hydrogen-bond donors (Lipinski definition) is 1. The summed E-state index contributed by atoms with van der Waals surface area (Å²) in [6, 6.07) is 9.58. The van der Waals surface area contributed by atoms with Gasteiger partial charge in [-0.1, -0.05) is 63.3 Å². The van der Waals surface area contributed by atoms with Crippen LogP contribution in [0.4, 0.5) is 0 Å². The minimum absolute atomic E-state index is 0.117. The highest BCUT2D eigenvalue weighted by Crippen LogP contribution is 2.14. The van der Waals surface area contributed by atoms with Gasteiger partial charge in [-0.3, -0.25) is 4.79 Å². The molecule has 2 aromatic rings. The molecule has 0 spiro atoms. The highest BCUT2D eigenvalue weighted by Gasteiger charge is 2.06. The Labute approximate surface area is 157 Å². The maximum absolute atomic E-state index is 12.2. The second kappa shape index (κ2) is 11.0. The fourth-order valence-electron chi connectivity index (χ4n) is 3.38. The smallest absolute Gasteiger partial charge is 0.189 e. The van der Waals surface area contributed by atoms with Crippen molar-refractivity contribution in [2.75, 3.05) is 0 Å². The maximum Gasteiger partial charge on any atom is 0.189 e. The number of aliphatic hydroxyl groups excluding tert-OH is 1. The van der Waals surface area contributed by atoms with Gasteiger partial charge in [0.1, 0.15) is 0 Å². The predicted molar refractivity (Wildman–Crippen MR) is 111 cm³/mol. The van der Waals surface area contributed by atoms with Gasteiger partial charge in [0, 0.05) is 24.2 Å². The van der Waals surface area contributed by atoms with Crippen molar-refractivity contribution in [3.05, 3.63) is 58.4 Å². The summed E-state index contributed by atoms with van der Waals surface area (Å²) in [5.41, 5.74) is 2.23. The minimum atomic E-state index is -0.298. The molecule has 1 atom stereocenters. The summed E-state index contributed by atoms with van der Waals surface area (Å²) < 4.78 is 2.14. The van der Waals surface area contributed by atoms with Crippen molar-refractivity contribution in [1.29, 1.82) is 0 Å². The average Bonchev–Trinajstić information content (AvgIpc) is 2.65. The van der Waals surface area contributed by atoms with Gasteiger partial charge in [-0.2, -0.15) is 0 Å². The summed E-state index contributed by atoms with van der Waals surface area (Å²) in [4.78, 5) is 12.2. The van der Waals surface area contributed by atoms with Gasteiger partial charge in [0.15, 0.2) is 5.43 Å². The van der Waals surface area contributed by atoms with Gasteiger partial charge in [0.2, 0.25) is 0 Å². The van der Waals surface area contributed by atoms with Gasteiger partial charge >= 0.3 is 0 Å². The predicted octanol–water partition coefficient (Wildman–Crippen LogP) is 5.14. The highest BCUT2D eigenvalue weighted by molar-refractivity contribution is 5.79. The number of fused-ring (bicyclic) bond motifs is 1. The Bertz CT molecular complexity index is 760. The van der Waals surface area contributed by atoms with E-state index in [1.165, 1.54) is 12.8 Å². The van der Waals surface area contributed by atoms with Crippen molar-refractivity contribution in [2.45, 2.75) is 70.8 Å². The molecular formula is C23H33NO2. The van der Waals surface area contributed by atoms with Crippen LogP contribution in [0.2, 0.25) is 0 Å². The van der Waals surface area contributed by atoms with Crippen LogP contribution in [0.1, 0.15) is 64.0 Å². The zero-order valence-electron chi connectivity index (χ0n) is 16.3. The van der Waals surface area contributed by atoms with Crippen LogP contribution in [0, 0.1) is 0 Å². The lowest BCUT2D eigenvalue weighted by molar-refractivity contribution is 0.207. The molecular weight excluding hydrogens is 322 g/mol. The third-order valence-corrected chi connectivity index (χ3v) is 5.02. The number of allylic oxidation sites excluding steroid dienone is 1. The lowest BCUT2D eigenvalue weighted by atomic mass is 10.1. The Balaban J connectivity index is 1.72. The summed E-state index contributed by atoms with van der Waals surface area (Å²) >= 11 is 0. The fourth-order valence-corrected chi connectivity index (χ4v) is 3.38. The van der Waals surface area contributed by atoms with Gasteiger partial charge < -0.3 is 9.67 Å². The van der Waals surface area contributed by atoms with E-state index in [9.17, 15) is 9.90 Å². The first kappa shape index (κ1) is 20.4. The average molecular weight is 356 g/mol. The zero-order chi connectivity index (χ0) is 18.8. The molecule has 1 heterocycles. The molecule has 0 fully saturated rings. The van der Waals surface area contributed by atoms with Gasteiger partial charge in [-0.15, -0.1) is 0 Å². The van der Waals surface area contributed by atoms with E-state index in [-0.39, 0.29) is 11.5 Å². The number of nitrogens with zero attached hydrogens (tertiary/aromatic N) is 1. The van der Waals surface area contributed by atoms with Crippen LogP contribution in [0.3, 0.4) is 0 Å². The number of aromatic nitrogens is 1. The number of benzene rings is 1. The maximum atomic E-state index is 12.2. The molecule has 0 bridgehead atoms. The normalized spacial score (nSPS) is 12.9. The molecule has 0 saturated carbocycles. The second-order valence-electron chi connectivity index (χ2n) is 7.17. The van der Waals surface area contributed by atoms with Crippen molar-refractivity contribution in [2.24, 2.45) is 7.05 Å². The highest BCUT2D eigenvalue weighted by atomic mass is 16.3. The number of para-hydroxylation sites is 1. The summed E-state index contributed by atoms with van der Waals surface area (Å²) in [7, 11) is 2.04. The largest absolute Gasteiger partial charge is 0.389 e. The number of hydrogen-bond acceptors (Lipinski definition) is 2. The minimum Gasteiger partial charge on any atom is -0.389 e. The molecule has 3 heteroatoms. The van der Waals surface area contributed by atoms with Gasteiger partial charge in [0.25, 0.3) is 0 Å². The number of aryl methyl sites for hydroxylation is 2. The lowest BCUT2D eigenvalue weighted by Gasteiger charge is -2.12. The van der Waals surface area contributed by atoms with E-state index >= 15 is 0 Å². The van der Waals surface area contributed by atoms with Crippen LogP contribution in [-0.4, -0.2) is 15.8 Å². The number of rotatable bonds is 11. The van der Waals surface area contributed by atoms with Crippen LogP contribution >= 0.6 is 0 Å². The Hall–Kier alpha value is -1.87. The van der Waals surface area contributed by atoms with E-state index in [4.69, 9.17) is 0 Å². The van der Waals surface area contributed by atoms with E-state index < -0.39 is 0 Å². The number of aliphatic hydroxyl groups is 1. The van der Waals surface area contributed by atoms with Crippen molar-refractivity contribution in [3.8, 4) is 0 Å². The molecule has 0 radical (unpaired) electrons. The van der Waals surface area contributed by atoms with Gasteiger partial charge in [-0.05, 0) is 37.8 Å². The SMILES string of the molecule is CCCCC=C[C@H](O)CCCCCCc1cc(=O)c2ccccc2n1C. The first-order valence-corrected chi connectivity index (χ1v) is 10.1. The number of pyridine rings is 1. The van der Waals surface area contributed by atoms with Crippen molar-refractivity contribution < 1.29 is 5.11 Å². The van der Waals surface area contributed by atoms with Crippen LogP contribution in [0.5, 0.6) is 0 Å². The summed E-state index contributed by atoms with van der Waals surface area (Å²) in [6.45, 7) is 2.18. The zero-order valence-corrected chi connectivity index (χ0v) is 16.3. The monoisotopic (exact) mass is 355 g/mol. The molecule has 26 heavy (non-hydrogen) atoms. The van der Waals surface area contributed by atoms with Crippen LogP contribution < -0.4 is 5.43 Å². The third-order valence-electron chi connectivity index (χ3n) is 5.02. The first-order chi connectivity index (χ1) is 12.6. The third kappa shape index (κ3) is 6.14. The summed E-state index contributed by atoms with van der Waals surface area (Å²) in [5, 5.41) is 10.7. The summed E-state index contributed by atoms with van der Waals surface area (Å²) in [5.74, 6) is 0. The molecule has 0 aliphatic rings. The Kier molecular flexibility index (Phi) is 8.63. The van der Waals surface area contributed by atoms with Crippen molar-refractivity contribution in [1.82, 2.24) is 4.57 Å². The Morgan fingerprint density at radius 1 is 1.12 bits per heavy atom. The van der Waals surface area contributed by atoms with E-state index in [0.29, 0.717) is 0 Å². The number of unbranched alkanes of at least 4 members (excludes halogenated alkanes) is 5. The van der Waals surface area contributed by atoms with Crippen LogP contribution in [0.25, 0.3) is 10.9 Å². The molecule has 3 nitrogen and oxygen atoms in total. The Morgan fingerprint density at radius 3 is 2.69 bits per heavy atom. The van der Waals surface area contributed by atoms with Gasteiger partial charge in [-0.25, -0.2) is 0 Å². The molecule has 0 unspecified atom stereocenters. The Morgan fingerprint density at radius 2 is 1.88 bits per heavy atom. The van der Waals surface area contributed by atoms with E-state index in [1.807, 2.05) is 37.4 Å².